The predicted molar refractivity (Wildman–Crippen MR) is 70.4 cm³/mol. The minimum absolute atomic E-state index is 0.0878. The van der Waals surface area contributed by atoms with E-state index in [2.05, 4.69) is 10.6 Å². The number of fused-ring (bicyclic) bond motifs is 1. The van der Waals surface area contributed by atoms with Crippen molar-refractivity contribution in [1.82, 2.24) is 5.32 Å². The molecule has 0 unspecified atom stereocenters. The summed E-state index contributed by atoms with van der Waals surface area (Å²) in [6.07, 6.45) is 1.55. The van der Waals surface area contributed by atoms with Gasteiger partial charge in [0.25, 0.3) is 11.8 Å². The van der Waals surface area contributed by atoms with Gasteiger partial charge in [0.05, 0.1) is 24.1 Å². The van der Waals surface area contributed by atoms with Crippen LogP contribution >= 0.6 is 0 Å². The second-order valence-corrected chi connectivity index (χ2v) is 4.28. The van der Waals surface area contributed by atoms with Crippen molar-refractivity contribution in [2.24, 2.45) is 0 Å². The Morgan fingerprint density at radius 1 is 1.30 bits per heavy atom. The van der Waals surface area contributed by atoms with E-state index in [1.54, 1.807) is 36.6 Å². The lowest BCUT2D eigenvalue weighted by molar-refractivity contribution is -0.118. The minimum Gasteiger partial charge on any atom is -0.481 e. The van der Waals surface area contributed by atoms with Crippen LogP contribution in [0.2, 0.25) is 0 Å². The van der Waals surface area contributed by atoms with Crippen LogP contribution in [0.1, 0.15) is 16.1 Å². The fraction of sp³-hybridized carbons (Fsp3) is 0.143. The van der Waals surface area contributed by atoms with Gasteiger partial charge in [-0.1, -0.05) is 6.07 Å². The molecule has 0 bridgehead atoms. The van der Waals surface area contributed by atoms with E-state index in [1.165, 1.54) is 0 Å². The number of anilines is 1. The number of nitrogens with one attached hydrogen (secondary N) is 2. The van der Waals surface area contributed by atoms with Gasteiger partial charge in [0.15, 0.2) is 12.4 Å². The van der Waals surface area contributed by atoms with Crippen LogP contribution in [0.15, 0.2) is 41.0 Å². The van der Waals surface area contributed by atoms with E-state index < -0.39 is 0 Å². The fourth-order valence-electron chi connectivity index (χ4n) is 1.97. The highest BCUT2D eigenvalue weighted by Crippen LogP contribution is 2.31. The van der Waals surface area contributed by atoms with Crippen LogP contribution in [-0.4, -0.2) is 18.4 Å². The SMILES string of the molecule is O=C1COc2c(cccc2C(=O)NCc2ccco2)N1. The highest BCUT2D eigenvalue weighted by atomic mass is 16.5. The summed E-state index contributed by atoms with van der Waals surface area (Å²) in [6.45, 7) is 0.206. The third-order valence-corrected chi connectivity index (χ3v) is 2.88. The van der Waals surface area contributed by atoms with Crippen molar-refractivity contribution in [2.45, 2.75) is 6.54 Å². The molecule has 0 radical (unpaired) electrons. The Kier molecular flexibility index (Phi) is 3.12. The Morgan fingerprint density at radius 2 is 2.20 bits per heavy atom. The fourth-order valence-corrected chi connectivity index (χ4v) is 1.97. The quantitative estimate of drug-likeness (QED) is 0.888. The average molecular weight is 272 g/mol. The summed E-state index contributed by atoms with van der Waals surface area (Å²) in [7, 11) is 0. The highest BCUT2D eigenvalue weighted by molar-refractivity contribution is 6.03. The van der Waals surface area contributed by atoms with Crippen molar-refractivity contribution in [2.75, 3.05) is 11.9 Å². The number of benzene rings is 1. The third-order valence-electron chi connectivity index (χ3n) is 2.88. The van der Waals surface area contributed by atoms with Gasteiger partial charge in [-0.05, 0) is 24.3 Å². The molecule has 0 saturated carbocycles. The Hall–Kier alpha value is -2.76. The molecule has 6 heteroatoms. The molecule has 0 aliphatic carbocycles. The summed E-state index contributed by atoms with van der Waals surface area (Å²) in [5, 5.41) is 5.40. The molecule has 1 aromatic carbocycles. The van der Waals surface area contributed by atoms with Crippen LogP contribution in [0.4, 0.5) is 5.69 Å². The molecule has 2 aromatic rings. The lowest BCUT2D eigenvalue weighted by Crippen LogP contribution is -2.29. The maximum absolute atomic E-state index is 12.1. The largest absolute Gasteiger partial charge is 0.481 e. The lowest BCUT2D eigenvalue weighted by atomic mass is 10.1. The van der Waals surface area contributed by atoms with Crippen LogP contribution in [0.25, 0.3) is 0 Å². The Balaban J connectivity index is 1.78. The van der Waals surface area contributed by atoms with Gasteiger partial charge in [0, 0.05) is 0 Å². The van der Waals surface area contributed by atoms with Crippen LogP contribution < -0.4 is 15.4 Å². The molecule has 0 fully saturated rings. The molecule has 1 aliphatic rings. The van der Waals surface area contributed by atoms with E-state index in [9.17, 15) is 9.59 Å². The van der Waals surface area contributed by atoms with Gasteiger partial charge in [-0.15, -0.1) is 0 Å². The number of hydrogen-bond donors (Lipinski definition) is 2. The first kappa shape index (κ1) is 12.3. The smallest absolute Gasteiger partial charge is 0.262 e. The molecule has 2 N–H and O–H groups in total. The molecule has 20 heavy (non-hydrogen) atoms. The van der Waals surface area contributed by atoms with E-state index in [4.69, 9.17) is 9.15 Å². The van der Waals surface area contributed by atoms with E-state index in [0.717, 1.165) is 0 Å². The summed E-state index contributed by atoms with van der Waals surface area (Å²) in [6, 6.07) is 8.56. The van der Waals surface area contributed by atoms with E-state index in [1.807, 2.05) is 0 Å². The molecule has 0 atom stereocenters. The normalized spacial score (nSPS) is 13.1. The zero-order chi connectivity index (χ0) is 13.9. The summed E-state index contributed by atoms with van der Waals surface area (Å²) >= 11 is 0. The average Bonchev–Trinajstić information content (AvgIpc) is 2.97. The zero-order valence-electron chi connectivity index (χ0n) is 10.5. The summed E-state index contributed by atoms with van der Waals surface area (Å²) in [5.41, 5.74) is 0.890. The molecule has 1 aromatic heterocycles. The molecular formula is C14H12N2O4. The van der Waals surface area contributed by atoms with E-state index >= 15 is 0 Å². The lowest BCUT2D eigenvalue weighted by Gasteiger charge is -2.20. The predicted octanol–water partition coefficient (Wildman–Crippen LogP) is 1.54. The van der Waals surface area contributed by atoms with Crippen molar-refractivity contribution in [3.63, 3.8) is 0 Å². The molecular weight excluding hydrogens is 260 g/mol. The van der Waals surface area contributed by atoms with Gasteiger partial charge in [-0.2, -0.15) is 0 Å². The van der Waals surface area contributed by atoms with Crippen molar-refractivity contribution >= 4 is 17.5 Å². The molecule has 2 amide bonds. The molecule has 0 saturated heterocycles. The summed E-state index contributed by atoms with van der Waals surface area (Å²) < 4.78 is 10.5. The monoisotopic (exact) mass is 272 g/mol. The molecule has 3 rings (SSSR count). The van der Waals surface area contributed by atoms with Crippen LogP contribution in [0.3, 0.4) is 0 Å². The van der Waals surface area contributed by atoms with Crippen LogP contribution in [-0.2, 0) is 11.3 Å². The first-order valence-corrected chi connectivity index (χ1v) is 6.10. The zero-order valence-corrected chi connectivity index (χ0v) is 10.5. The molecule has 102 valence electrons. The standard InChI is InChI=1S/C14H12N2O4/c17-12-8-20-13-10(4-1-5-11(13)16-12)14(18)15-7-9-3-2-6-19-9/h1-6H,7-8H2,(H,15,18)(H,16,17). The summed E-state index contributed by atoms with van der Waals surface area (Å²) in [4.78, 5) is 23.4. The second kappa shape index (κ2) is 5.08. The number of rotatable bonds is 3. The van der Waals surface area contributed by atoms with Gasteiger partial charge in [-0.3, -0.25) is 9.59 Å². The Labute approximate surface area is 114 Å². The topological polar surface area (TPSA) is 80.6 Å². The first-order valence-electron chi connectivity index (χ1n) is 6.10. The van der Waals surface area contributed by atoms with Crippen molar-refractivity contribution in [1.29, 1.82) is 0 Å². The maximum atomic E-state index is 12.1. The number of amides is 2. The van der Waals surface area contributed by atoms with Crippen LogP contribution in [0.5, 0.6) is 5.75 Å². The Bertz CT molecular complexity index is 649. The van der Waals surface area contributed by atoms with Gasteiger partial charge in [0.2, 0.25) is 0 Å². The van der Waals surface area contributed by atoms with Crippen molar-refractivity contribution in [3.8, 4) is 5.75 Å². The van der Waals surface area contributed by atoms with Crippen molar-refractivity contribution < 1.29 is 18.7 Å². The van der Waals surface area contributed by atoms with Gasteiger partial charge < -0.3 is 19.8 Å². The number of carbonyl (C=O) groups excluding carboxylic acids is 2. The molecule has 0 spiro atoms. The van der Waals surface area contributed by atoms with E-state index in [-0.39, 0.29) is 18.4 Å². The van der Waals surface area contributed by atoms with E-state index in [0.29, 0.717) is 29.3 Å². The van der Waals surface area contributed by atoms with Crippen molar-refractivity contribution in [3.05, 3.63) is 47.9 Å². The number of furan rings is 1. The highest BCUT2D eigenvalue weighted by Gasteiger charge is 2.22. The maximum Gasteiger partial charge on any atom is 0.262 e. The number of carbonyl (C=O) groups is 2. The van der Waals surface area contributed by atoms with Gasteiger partial charge >= 0.3 is 0 Å². The number of ether oxygens (including phenoxy) is 1. The molecule has 6 nitrogen and oxygen atoms in total. The second-order valence-electron chi connectivity index (χ2n) is 4.28. The third kappa shape index (κ3) is 2.35. The molecule has 1 aliphatic heterocycles. The van der Waals surface area contributed by atoms with Gasteiger partial charge in [-0.25, -0.2) is 0 Å². The Morgan fingerprint density at radius 3 is 3.00 bits per heavy atom. The number of para-hydroxylation sites is 1. The summed E-state index contributed by atoms with van der Waals surface area (Å²) in [5.74, 6) is 0.543. The van der Waals surface area contributed by atoms with Gasteiger partial charge in [0.1, 0.15) is 5.76 Å². The van der Waals surface area contributed by atoms with Crippen LogP contribution in [0, 0.1) is 0 Å². The molecule has 2 heterocycles. The number of hydrogen-bond acceptors (Lipinski definition) is 4. The first-order chi connectivity index (χ1) is 9.74. The minimum atomic E-state index is -0.283.